The first-order valence-corrected chi connectivity index (χ1v) is 12.9. The van der Waals surface area contributed by atoms with Crippen molar-refractivity contribution >= 4 is 17.1 Å². The van der Waals surface area contributed by atoms with E-state index in [9.17, 15) is 14.7 Å². The molecule has 2 aromatic heterocycles. The van der Waals surface area contributed by atoms with Gasteiger partial charge in [-0.3, -0.25) is 18.5 Å². The van der Waals surface area contributed by atoms with Crippen LogP contribution in [0.1, 0.15) is 44.3 Å². The summed E-state index contributed by atoms with van der Waals surface area (Å²) in [4.78, 5) is 33.8. The standard InChI is InChI=1S/C27H34N6O4/c1-3-4-13-32-23-24(29-26(32)31-12-6-8-20(28)15-31)30(2)27(36)33(25(23)35)16-22(34)19-7-5-9-21(14-19)37-17-18-10-11-18/h5,7,9,14,18,20,22,34H,6,8,10-13,15-17,28H2,1-2H3/t20-,22?/m1/s1. The Hall–Kier alpha value is -3.55. The molecule has 1 aliphatic heterocycles. The topological polar surface area (TPSA) is 121 Å². The molecule has 1 aliphatic carbocycles. The number of aryl methyl sites for hydroxylation is 1. The van der Waals surface area contributed by atoms with Gasteiger partial charge >= 0.3 is 5.69 Å². The van der Waals surface area contributed by atoms with Crippen LogP contribution in [0.5, 0.6) is 5.75 Å². The van der Waals surface area contributed by atoms with Crippen molar-refractivity contribution < 1.29 is 9.84 Å². The number of rotatable bonds is 8. The molecule has 10 nitrogen and oxygen atoms in total. The average molecular weight is 507 g/mol. The lowest BCUT2D eigenvalue weighted by molar-refractivity contribution is 0.152. The third-order valence-electron chi connectivity index (χ3n) is 7.15. The summed E-state index contributed by atoms with van der Waals surface area (Å²) in [6.45, 7) is 3.83. The number of hydrogen-bond donors (Lipinski definition) is 2. The fraction of sp³-hybridized carbons (Fsp3) is 0.519. The van der Waals surface area contributed by atoms with Crippen LogP contribution >= 0.6 is 0 Å². The number of aromatic nitrogens is 4. The summed E-state index contributed by atoms with van der Waals surface area (Å²) in [7, 11) is 1.59. The molecule has 5 rings (SSSR count). The molecule has 3 N–H and O–H groups in total. The molecular weight excluding hydrogens is 472 g/mol. The SMILES string of the molecule is CC#CCn1c(N2CCC[C@@H](N)C2)nc2c1c(=O)n(CC(O)c1cccc(OCC3CC3)c1)c(=O)n2C. The Morgan fingerprint density at radius 2 is 2.05 bits per heavy atom. The number of aliphatic hydroxyl groups is 1. The highest BCUT2D eigenvalue weighted by Crippen LogP contribution is 2.30. The lowest BCUT2D eigenvalue weighted by Crippen LogP contribution is -2.44. The molecule has 1 aromatic carbocycles. The maximum absolute atomic E-state index is 13.7. The zero-order valence-electron chi connectivity index (χ0n) is 21.4. The van der Waals surface area contributed by atoms with Gasteiger partial charge in [-0.15, -0.1) is 5.92 Å². The minimum atomic E-state index is -1.07. The Kier molecular flexibility index (Phi) is 7.09. The fourth-order valence-corrected chi connectivity index (χ4v) is 4.85. The van der Waals surface area contributed by atoms with E-state index in [-0.39, 0.29) is 24.6 Å². The number of imidazole rings is 1. The number of anilines is 1. The van der Waals surface area contributed by atoms with Gasteiger partial charge in [0.05, 0.1) is 25.8 Å². The van der Waals surface area contributed by atoms with Crippen LogP contribution in [-0.2, 0) is 20.1 Å². The molecule has 3 heterocycles. The molecule has 2 atom stereocenters. The molecule has 10 heteroatoms. The number of ether oxygens (including phenoxy) is 1. The van der Waals surface area contributed by atoms with Gasteiger partial charge in [-0.2, -0.15) is 4.98 Å². The highest BCUT2D eigenvalue weighted by atomic mass is 16.5. The van der Waals surface area contributed by atoms with Gasteiger partial charge < -0.3 is 20.5 Å². The number of nitrogens with zero attached hydrogens (tertiary/aromatic N) is 5. The van der Waals surface area contributed by atoms with Crippen molar-refractivity contribution in [2.75, 3.05) is 24.6 Å². The van der Waals surface area contributed by atoms with Crippen LogP contribution in [-0.4, -0.2) is 49.5 Å². The normalized spacial score (nSPS) is 18.5. The summed E-state index contributed by atoms with van der Waals surface area (Å²) < 4.78 is 10.0. The van der Waals surface area contributed by atoms with E-state index in [1.165, 1.54) is 17.4 Å². The predicted molar refractivity (Wildman–Crippen MR) is 142 cm³/mol. The monoisotopic (exact) mass is 506 g/mol. The van der Waals surface area contributed by atoms with Gasteiger partial charge in [0.2, 0.25) is 5.95 Å². The second kappa shape index (κ2) is 10.4. The minimum absolute atomic E-state index is 0.0129. The number of fused-ring (bicyclic) bond motifs is 1. The third-order valence-corrected chi connectivity index (χ3v) is 7.15. The molecule has 2 aliphatic rings. The van der Waals surface area contributed by atoms with Crippen LogP contribution in [0.3, 0.4) is 0 Å². The molecule has 0 radical (unpaired) electrons. The van der Waals surface area contributed by atoms with Crippen LogP contribution < -0.4 is 26.6 Å². The van der Waals surface area contributed by atoms with Gasteiger partial charge in [0.15, 0.2) is 11.2 Å². The Labute approximate surface area is 215 Å². The molecule has 37 heavy (non-hydrogen) atoms. The van der Waals surface area contributed by atoms with Crippen molar-refractivity contribution in [1.82, 2.24) is 18.7 Å². The lowest BCUT2D eigenvalue weighted by Gasteiger charge is -2.31. The quantitative estimate of drug-likeness (QED) is 0.443. The largest absolute Gasteiger partial charge is 0.493 e. The van der Waals surface area contributed by atoms with E-state index < -0.39 is 17.4 Å². The minimum Gasteiger partial charge on any atom is -0.493 e. The van der Waals surface area contributed by atoms with E-state index in [0.717, 1.165) is 24.0 Å². The average Bonchev–Trinajstić information content (AvgIpc) is 3.65. The molecule has 196 valence electrons. The first kappa shape index (κ1) is 25.1. The maximum Gasteiger partial charge on any atom is 0.332 e. The van der Waals surface area contributed by atoms with Gasteiger partial charge in [-0.25, -0.2) is 4.79 Å². The molecule has 0 spiro atoms. The summed E-state index contributed by atoms with van der Waals surface area (Å²) >= 11 is 0. The summed E-state index contributed by atoms with van der Waals surface area (Å²) in [5, 5.41) is 11.0. The van der Waals surface area contributed by atoms with E-state index >= 15 is 0 Å². The molecule has 0 amide bonds. The van der Waals surface area contributed by atoms with E-state index in [4.69, 9.17) is 15.5 Å². The van der Waals surface area contributed by atoms with Crippen molar-refractivity contribution in [3.8, 4) is 17.6 Å². The first-order valence-electron chi connectivity index (χ1n) is 12.9. The Balaban J connectivity index is 1.52. The van der Waals surface area contributed by atoms with Crippen molar-refractivity contribution in [2.45, 2.75) is 57.8 Å². The number of benzene rings is 1. The molecule has 1 saturated carbocycles. The lowest BCUT2D eigenvalue weighted by atomic mass is 10.1. The van der Waals surface area contributed by atoms with Gasteiger partial charge in [0.25, 0.3) is 5.56 Å². The Morgan fingerprint density at radius 1 is 1.24 bits per heavy atom. The highest BCUT2D eigenvalue weighted by molar-refractivity contribution is 5.75. The summed E-state index contributed by atoms with van der Waals surface area (Å²) in [6, 6.07) is 7.19. The first-order chi connectivity index (χ1) is 17.9. The van der Waals surface area contributed by atoms with Crippen LogP contribution in [0.2, 0.25) is 0 Å². The molecule has 1 unspecified atom stereocenters. The van der Waals surface area contributed by atoms with E-state index in [2.05, 4.69) is 16.7 Å². The van der Waals surface area contributed by atoms with Crippen LogP contribution in [0.4, 0.5) is 5.95 Å². The van der Waals surface area contributed by atoms with Gasteiger partial charge in [-0.1, -0.05) is 18.1 Å². The molecule has 3 aromatic rings. The fourth-order valence-electron chi connectivity index (χ4n) is 4.85. The van der Waals surface area contributed by atoms with E-state index in [1.54, 1.807) is 36.7 Å². The highest BCUT2D eigenvalue weighted by Gasteiger charge is 2.27. The second-order valence-corrected chi connectivity index (χ2v) is 10.0. The van der Waals surface area contributed by atoms with Crippen molar-refractivity contribution in [3.63, 3.8) is 0 Å². The molecule has 0 bridgehead atoms. The zero-order chi connectivity index (χ0) is 26.1. The number of hydrogen-bond acceptors (Lipinski definition) is 7. The smallest absolute Gasteiger partial charge is 0.332 e. The summed E-state index contributed by atoms with van der Waals surface area (Å²) in [6.07, 6.45) is 3.15. The zero-order valence-corrected chi connectivity index (χ0v) is 21.4. The molecule has 2 fully saturated rings. The van der Waals surface area contributed by atoms with Crippen molar-refractivity contribution in [3.05, 3.63) is 50.7 Å². The predicted octanol–water partition coefficient (Wildman–Crippen LogP) is 1.37. The Morgan fingerprint density at radius 3 is 2.78 bits per heavy atom. The molecule has 1 saturated heterocycles. The van der Waals surface area contributed by atoms with Crippen LogP contribution in [0.25, 0.3) is 11.2 Å². The maximum atomic E-state index is 13.7. The third kappa shape index (κ3) is 5.15. The van der Waals surface area contributed by atoms with E-state index in [1.807, 2.05) is 6.07 Å². The van der Waals surface area contributed by atoms with Gasteiger partial charge in [0, 0.05) is 26.2 Å². The van der Waals surface area contributed by atoms with Crippen molar-refractivity contribution in [2.24, 2.45) is 18.7 Å². The Bertz CT molecular complexity index is 1470. The van der Waals surface area contributed by atoms with Crippen molar-refractivity contribution in [1.29, 1.82) is 0 Å². The van der Waals surface area contributed by atoms with Crippen LogP contribution in [0.15, 0.2) is 33.9 Å². The molecular formula is C27H34N6O4. The van der Waals surface area contributed by atoms with E-state index in [0.29, 0.717) is 42.0 Å². The number of piperidine rings is 1. The number of nitrogens with two attached hydrogens (primary N) is 1. The van der Waals surface area contributed by atoms with Gasteiger partial charge in [0.1, 0.15) is 5.75 Å². The summed E-state index contributed by atoms with van der Waals surface area (Å²) in [5.74, 6) is 7.76. The second-order valence-electron chi connectivity index (χ2n) is 10.0. The van der Waals surface area contributed by atoms with Gasteiger partial charge in [-0.05, 0) is 56.2 Å². The summed E-state index contributed by atoms with van der Waals surface area (Å²) in [5.41, 5.74) is 6.33. The number of aliphatic hydroxyl groups excluding tert-OH is 1. The van der Waals surface area contributed by atoms with Crippen LogP contribution in [0, 0.1) is 17.8 Å².